The van der Waals surface area contributed by atoms with Gasteiger partial charge in [0.25, 0.3) is 0 Å². The summed E-state index contributed by atoms with van der Waals surface area (Å²) in [6.45, 7) is 3.96. The summed E-state index contributed by atoms with van der Waals surface area (Å²) in [6, 6.07) is 11.3. The van der Waals surface area contributed by atoms with Crippen LogP contribution in [0.4, 0.5) is 0 Å². The third-order valence-electron chi connectivity index (χ3n) is 4.92. The van der Waals surface area contributed by atoms with E-state index in [1.54, 1.807) is 5.56 Å². The van der Waals surface area contributed by atoms with Crippen LogP contribution >= 0.6 is 0 Å². The summed E-state index contributed by atoms with van der Waals surface area (Å²) in [5, 5.41) is 0. The van der Waals surface area contributed by atoms with Crippen molar-refractivity contribution in [3.05, 3.63) is 35.9 Å². The average molecular weight is 243 g/mol. The maximum atomic E-state index is 2.72. The highest BCUT2D eigenvalue weighted by atomic mass is 15.1. The monoisotopic (exact) mass is 243 g/mol. The van der Waals surface area contributed by atoms with E-state index in [1.165, 1.54) is 64.6 Å². The minimum absolute atomic E-state index is 0.471. The standard InChI is InChI=1S/C17H25N/c1-3-9-16(10-4-1)17(11-5-6-12-17)15-18-13-7-2-8-14-18/h1,3-4,9-10H,2,5-8,11-15H2. The number of hydrogen-bond acceptors (Lipinski definition) is 1. The quantitative estimate of drug-likeness (QED) is 0.776. The van der Waals surface area contributed by atoms with Gasteiger partial charge in [0, 0.05) is 12.0 Å². The number of benzene rings is 1. The predicted octanol–water partition coefficient (Wildman–Crippen LogP) is 3.98. The van der Waals surface area contributed by atoms with Gasteiger partial charge in [0.05, 0.1) is 0 Å². The second-order valence-corrected chi connectivity index (χ2v) is 6.19. The van der Waals surface area contributed by atoms with Crippen LogP contribution in [0.1, 0.15) is 50.5 Å². The van der Waals surface area contributed by atoms with E-state index in [2.05, 4.69) is 35.2 Å². The van der Waals surface area contributed by atoms with Crippen molar-refractivity contribution in [2.75, 3.05) is 19.6 Å². The summed E-state index contributed by atoms with van der Waals surface area (Å²) >= 11 is 0. The highest BCUT2D eigenvalue weighted by molar-refractivity contribution is 5.27. The first-order chi connectivity index (χ1) is 8.89. The van der Waals surface area contributed by atoms with Gasteiger partial charge in [-0.1, -0.05) is 49.6 Å². The van der Waals surface area contributed by atoms with E-state index in [9.17, 15) is 0 Å². The molecule has 0 N–H and O–H groups in total. The van der Waals surface area contributed by atoms with Crippen LogP contribution in [-0.2, 0) is 5.41 Å². The largest absolute Gasteiger partial charge is 0.302 e. The molecule has 1 aliphatic heterocycles. The number of hydrogen-bond donors (Lipinski definition) is 0. The van der Waals surface area contributed by atoms with E-state index in [0.29, 0.717) is 5.41 Å². The second kappa shape index (κ2) is 5.44. The average Bonchev–Trinajstić information content (AvgIpc) is 2.91. The van der Waals surface area contributed by atoms with Gasteiger partial charge in [0.2, 0.25) is 0 Å². The van der Waals surface area contributed by atoms with Crippen molar-refractivity contribution >= 4 is 0 Å². The molecule has 1 nitrogen and oxygen atoms in total. The van der Waals surface area contributed by atoms with Crippen LogP contribution in [0.25, 0.3) is 0 Å². The molecule has 0 spiro atoms. The van der Waals surface area contributed by atoms with Crippen molar-refractivity contribution in [3.8, 4) is 0 Å². The topological polar surface area (TPSA) is 3.24 Å². The Kier molecular flexibility index (Phi) is 3.69. The molecule has 1 aromatic rings. The summed E-state index contributed by atoms with van der Waals surface area (Å²) in [4.78, 5) is 2.72. The summed E-state index contributed by atoms with van der Waals surface area (Å²) in [6.07, 6.45) is 9.89. The molecule has 2 fully saturated rings. The van der Waals surface area contributed by atoms with Crippen LogP contribution in [-0.4, -0.2) is 24.5 Å². The Balaban J connectivity index is 1.78. The van der Waals surface area contributed by atoms with E-state index in [1.807, 2.05) is 0 Å². The summed E-state index contributed by atoms with van der Waals surface area (Å²) < 4.78 is 0. The number of piperidine rings is 1. The Morgan fingerprint density at radius 3 is 2.17 bits per heavy atom. The van der Waals surface area contributed by atoms with Crippen LogP contribution in [0.15, 0.2) is 30.3 Å². The lowest BCUT2D eigenvalue weighted by atomic mass is 9.78. The van der Waals surface area contributed by atoms with E-state index in [-0.39, 0.29) is 0 Å². The van der Waals surface area contributed by atoms with Gasteiger partial charge in [-0.2, -0.15) is 0 Å². The Morgan fingerprint density at radius 2 is 1.50 bits per heavy atom. The van der Waals surface area contributed by atoms with E-state index in [4.69, 9.17) is 0 Å². The summed E-state index contributed by atoms with van der Waals surface area (Å²) in [5.41, 5.74) is 2.06. The highest BCUT2D eigenvalue weighted by Crippen LogP contribution is 2.42. The van der Waals surface area contributed by atoms with Gasteiger partial charge in [0.1, 0.15) is 0 Å². The summed E-state index contributed by atoms with van der Waals surface area (Å²) in [5.74, 6) is 0. The number of likely N-dealkylation sites (tertiary alicyclic amines) is 1. The van der Waals surface area contributed by atoms with Gasteiger partial charge in [0.15, 0.2) is 0 Å². The predicted molar refractivity (Wildman–Crippen MR) is 76.9 cm³/mol. The molecule has 0 aromatic heterocycles. The molecule has 0 bridgehead atoms. The first-order valence-electron chi connectivity index (χ1n) is 7.67. The normalized spacial score (nSPS) is 24.2. The van der Waals surface area contributed by atoms with Gasteiger partial charge in [-0.15, -0.1) is 0 Å². The first-order valence-corrected chi connectivity index (χ1v) is 7.67. The molecule has 2 aliphatic rings. The van der Waals surface area contributed by atoms with Crippen LogP contribution in [0.5, 0.6) is 0 Å². The first kappa shape index (κ1) is 12.2. The van der Waals surface area contributed by atoms with Crippen molar-refractivity contribution in [2.45, 2.75) is 50.4 Å². The minimum atomic E-state index is 0.471. The Hall–Kier alpha value is -0.820. The zero-order valence-corrected chi connectivity index (χ0v) is 11.4. The molecule has 0 unspecified atom stereocenters. The lowest BCUT2D eigenvalue weighted by molar-refractivity contribution is 0.176. The van der Waals surface area contributed by atoms with E-state index in [0.717, 1.165) is 0 Å². The zero-order valence-electron chi connectivity index (χ0n) is 11.4. The molecule has 1 saturated carbocycles. The van der Waals surface area contributed by atoms with Crippen LogP contribution in [0, 0.1) is 0 Å². The van der Waals surface area contributed by atoms with Crippen molar-refractivity contribution in [2.24, 2.45) is 0 Å². The fraction of sp³-hybridized carbons (Fsp3) is 0.647. The minimum Gasteiger partial charge on any atom is -0.302 e. The maximum Gasteiger partial charge on any atom is 0.00803 e. The molecule has 1 aliphatic carbocycles. The van der Waals surface area contributed by atoms with Gasteiger partial charge >= 0.3 is 0 Å². The third kappa shape index (κ3) is 2.47. The molecule has 3 rings (SSSR count). The fourth-order valence-corrected chi connectivity index (χ4v) is 3.93. The van der Waals surface area contributed by atoms with E-state index >= 15 is 0 Å². The van der Waals surface area contributed by atoms with Gasteiger partial charge in [-0.25, -0.2) is 0 Å². The van der Waals surface area contributed by atoms with E-state index < -0.39 is 0 Å². The lowest BCUT2D eigenvalue weighted by Gasteiger charge is -2.37. The molecular weight excluding hydrogens is 218 g/mol. The molecule has 1 aromatic carbocycles. The lowest BCUT2D eigenvalue weighted by Crippen LogP contribution is -2.41. The molecule has 0 atom stereocenters. The van der Waals surface area contributed by atoms with Crippen LogP contribution in [0.3, 0.4) is 0 Å². The van der Waals surface area contributed by atoms with Crippen LogP contribution < -0.4 is 0 Å². The van der Waals surface area contributed by atoms with Crippen molar-refractivity contribution in [1.29, 1.82) is 0 Å². The Bertz CT molecular complexity index is 358. The molecule has 1 heteroatoms. The molecule has 0 radical (unpaired) electrons. The smallest absolute Gasteiger partial charge is 0.00803 e. The molecule has 1 saturated heterocycles. The fourth-order valence-electron chi connectivity index (χ4n) is 3.93. The van der Waals surface area contributed by atoms with Gasteiger partial charge in [-0.05, 0) is 44.3 Å². The summed E-state index contributed by atoms with van der Waals surface area (Å²) in [7, 11) is 0. The maximum absolute atomic E-state index is 2.72. The molecular formula is C17H25N. The SMILES string of the molecule is c1ccc(C2(CN3CCCCC3)CCCC2)cc1. The van der Waals surface area contributed by atoms with Crippen molar-refractivity contribution in [1.82, 2.24) is 4.90 Å². The van der Waals surface area contributed by atoms with Gasteiger partial charge in [-0.3, -0.25) is 0 Å². The molecule has 98 valence electrons. The second-order valence-electron chi connectivity index (χ2n) is 6.19. The molecule has 18 heavy (non-hydrogen) atoms. The molecule has 1 heterocycles. The third-order valence-corrected chi connectivity index (χ3v) is 4.92. The number of nitrogens with zero attached hydrogens (tertiary/aromatic N) is 1. The Labute approximate surface area is 111 Å². The molecule has 0 amide bonds. The highest BCUT2D eigenvalue weighted by Gasteiger charge is 2.37. The zero-order chi connectivity index (χ0) is 12.3. The number of rotatable bonds is 3. The van der Waals surface area contributed by atoms with Gasteiger partial charge < -0.3 is 4.90 Å². The van der Waals surface area contributed by atoms with Crippen molar-refractivity contribution in [3.63, 3.8) is 0 Å². The Morgan fingerprint density at radius 1 is 0.833 bits per heavy atom. The van der Waals surface area contributed by atoms with Crippen LogP contribution in [0.2, 0.25) is 0 Å². The van der Waals surface area contributed by atoms with Crippen molar-refractivity contribution < 1.29 is 0 Å².